The lowest BCUT2D eigenvalue weighted by molar-refractivity contribution is 0.101. The van der Waals surface area contributed by atoms with Crippen LogP contribution in [0.4, 0.5) is 10.1 Å². The Morgan fingerprint density at radius 1 is 1.04 bits per heavy atom. The fraction of sp³-hybridized carbons (Fsp3) is 0.273. The highest BCUT2D eigenvalue weighted by Crippen LogP contribution is 2.26. The first kappa shape index (κ1) is 17.6. The number of aromatic nitrogens is 1. The Bertz CT molecular complexity index is 975. The Hall–Kier alpha value is -2.79. The molecule has 0 amide bonds. The van der Waals surface area contributed by atoms with Crippen molar-refractivity contribution in [2.24, 2.45) is 0 Å². The van der Waals surface area contributed by atoms with Gasteiger partial charge >= 0.3 is 0 Å². The largest absolute Gasteiger partial charge is 0.368 e. The zero-order chi connectivity index (χ0) is 18.8. The smallest absolute Gasteiger partial charge is 0.164 e. The van der Waals surface area contributed by atoms with Gasteiger partial charge in [0, 0.05) is 44.3 Å². The van der Waals surface area contributed by atoms with E-state index < -0.39 is 5.82 Å². The number of hydrogen-bond donors (Lipinski definition) is 0. The van der Waals surface area contributed by atoms with Crippen molar-refractivity contribution in [2.45, 2.75) is 13.5 Å². The Morgan fingerprint density at radius 3 is 2.56 bits per heavy atom. The summed E-state index contributed by atoms with van der Waals surface area (Å²) in [6.07, 6.45) is 1.83. The lowest BCUT2D eigenvalue weighted by Crippen LogP contribution is -2.46. The van der Waals surface area contributed by atoms with Gasteiger partial charge in [-0.05, 0) is 30.7 Å². The van der Waals surface area contributed by atoms with E-state index in [1.54, 1.807) is 6.07 Å². The van der Waals surface area contributed by atoms with Gasteiger partial charge in [0.25, 0.3) is 0 Å². The summed E-state index contributed by atoms with van der Waals surface area (Å²) in [6, 6.07) is 15.2. The fourth-order valence-electron chi connectivity index (χ4n) is 3.81. The van der Waals surface area contributed by atoms with E-state index in [0.717, 1.165) is 43.6 Å². The molecule has 0 radical (unpaired) electrons. The molecule has 0 atom stereocenters. The van der Waals surface area contributed by atoms with E-state index in [9.17, 15) is 9.18 Å². The number of benzene rings is 2. The number of piperazine rings is 1. The highest BCUT2D eigenvalue weighted by molar-refractivity contribution is 6.00. The first-order chi connectivity index (χ1) is 13.1. The molecule has 3 aromatic rings. The van der Waals surface area contributed by atoms with E-state index in [2.05, 4.69) is 39.0 Å². The molecule has 1 aliphatic rings. The molecule has 1 fully saturated rings. The van der Waals surface area contributed by atoms with E-state index in [1.165, 1.54) is 18.6 Å². The van der Waals surface area contributed by atoms with Crippen LogP contribution in [0.3, 0.4) is 0 Å². The molecule has 2 aromatic carbocycles. The summed E-state index contributed by atoms with van der Waals surface area (Å²) >= 11 is 0. The van der Waals surface area contributed by atoms with Gasteiger partial charge < -0.3 is 4.90 Å². The summed E-state index contributed by atoms with van der Waals surface area (Å²) in [6.45, 7) is 5.51. The average Bonchev–Trinajstić information content (AvgIpc) is 2.68. The molecule has 0 bridgehead atoms. The van der Waals surface area contributed by atoms with Crippen molar-refractivity contribution in [3.8, 4) is 0 Å². The maximum Gasteiger partial charge on any atom is 0.164 e. The summed E-state index contributed by atoms with van der Waals surface area (Å²) in [5.74, 6) is -0.670. The number of anilines is 1. The molecule has 0 saturated carbocycles. The first-order valence-electron chi connectivity index (χ1n) is 9.23. The van der Waals surface area contributed by atoms with E-state index in [4.69, 9.17) is 0 Å². The van der Waals surface area contributed by atoms with Gasteiger partial charge in [0.2, 0.25) is 0 Å². The molecule has 0 unspecified atom stereocenters. The van der Waals surface area contributed by atoms with Gasteiger partial charge in [-0.3, -0.25) is 14.7 Å². The summed E-state index contributed by atoms with van der Waals surface area (Å²) in [7, 11) is 0. The average molecular weight is 363 g/mol. The van der Waals surface area contributed by atoms with Gasteiger partial charge in [-0.2, -0.15) is 0 Å². The van der Waals surface area contributed by atoms with Gasteiger partial charge in [-0.25, -0.2) is 4.39 Å². The number of rotatable bonds is 4. The molecule has 1 saturated heterocycles. The van der Waals surface area contributed by atoms with Crippen LogP contribution in [0.2, 0.25) is 0 Å². The van der Waals surface area contributed by atoms with Gasteiger partial charge in [0.05, 0.1) is 16.8 Å². The van der Waals surface area contributed by atoms with Crippen LogP contribution in [0.25, 0.3) is 10.9 Å². The van der Waals surface area contributed by atoms with E-state index >= 15 is 0 Å². The van der Waals surface area contributed by atoms with Gasteiger partial charge in [0.15, 0.2) is 5.78 Å². The number of fused-ring (bicyclic) bond motifs is 1. The number of ketones is 1. The van der Waals surface area contributed by atoms with Gasteiger partial charge in [-0.1, -0.05) is 30.3 Å². The van der Waals surface area contributed by atoms with Crippen molar-refractivity contribution in [1.29, 1.82) is 0 Å². The Kier molecular flexibility index (Phi) is 4.86. The maximum atomic E-state index is 14.1. The van der Waals surface area contributed by atoms with E-state index in [-0.39, 0.29) is 11.3 Å². The van der Waals surface area contributed by atoms with Gasteiger partial charge in [-0.15, -0.1) is 0 Å². The lowest BCUT2D eigenvalue weighted by atomic mass is 10.1. The molecule has 0 aliphatic carbocycles. The molecule has 2 heterocycles. The Balaban J connectivity index is 1.48. The number of carbonyl (C=O) groups is 1. The van der Waals surface area contributed by atoms with Crippen molar-refractivity contribution in [1.82, 2.24) is 9.88 Å². The van der Waals surface area contributed by atoms with Crippen LogP contribution in [0.15, 0.2) is 54.7 Å². The summed E-state index contributed by atoms with van der Waals surface area (Å²) < 4.78 is 14.1. The molecule has 138 valence electrons. The van der Waals surface area contributed by atoms with Crippen molar-refractivity contribution in [3.63, 3.8) is 0 Å². The number of Topliss-reactive ketones (excluding diaryl/α,β-unsaturated/α-hetero) is 1. The second-order valence-electron chi connectivity index (χ2n) is 6.95. The minimum absolute atomic E-state index is 0.198. The fourth-order valence-corrected chi connectivity index (χ4v) is 3.81. The van der Waals surface area contributed by atoms with Crippen LogP contribution in [-0.2, 0) is 6.54 Å². The number of para-hydroxylation sites is 1. The third kappa shape index (κ3) is 3.55. The predicted octanol–water partition coefficient (Wildman–Crippen LogP) is 3.90. The molecule has 1 aromatic heterocycles. The molecular weight excluding hydrogens is 341 g/mol. The van der Waals surface area contributed by atoms with Crippen LogP contribution in [0.5, 0.6) is 0 Å². The summed E-state index contributed by atoms with van der Waals surface area (Å²) in [5, 5.41) is 1.15. The van der Waals surface area contributed by atoms with Crippen molar-refractivity contribution < 1.29 is 9.18 Å². The molecule has 0 spiro atoms. The number of carbonyl (C=O) groups excluding carboxylic acids is 1. The minimum Gasteiger partial charge on any atom is -0.368 e. The quantitative estimate of drug-likeness (QED) is 0.659. The number of halogens is 1. The SMILES string of the molecule is CC(=O)c1c(F)cccc1N1CCN(Cc2cccc3cccnc23)CC1. The van der Waals surface area contributed by atoms with Crippen LogP contribution < -0.4 is 4.90 Å². The molecule has 27 heavy (non-hydrogen) atoms. The monoisotopic (exact) mass is 363 g/mol. The second kappa shape index (κ2) is 7.45. The molecule has 0 N–H and O–H groups in total. The highest BCUT2D eigenvalue weighted by Gasteiger charge is 2.22. The number of hydrogen-bond acceptors (Lipinski definition) is 4. The zero-order valence-corrected chi connectivity index (χ0v) is 15.4. The summed E-state index contributed by atoms with van der Waals surface area (Å²) in [5.41, 5.74) is 3.17. The molecule has 1 aliphatic heterocycles. The van der Waals surface area contributed by atoms with Gasteiger partial charge in [0.1, 0.15) is 5.82 Å². The standard InChI is InChI=1S/C22H22FN3O/c1-16(27)21-19(23)8-3-9-20(21)26-13-11-25(12-14-26)15-18-6-2-5-17-7-4-10-24-22(17)18/h2-10H,11-15H2,1H3. The Morgan fingerprint density at radius 2 is 1.78 bits per heavy atom. The van der Waals surface area contributed by atoms with Crippen LogP contribution in [0.1, 0.15) is 22.8 Å². The predicted molar refractivity (Wildman–Crippen MR) is 106 cm³/mol. The Labute approximate surface area is 158 Å². The van der Waals surface area contributed by atoms with E-state index in [1.807, 2.05) is 18.3 Å². The van der Waals surface area contributed by atoms with Crippen molar-refractivity contribution in [2.75, 3.05) is 31.1 Å². The number of pyridine rings is 1. The maximum absolute atomic E-state index is 14.1. The molecule has 5 heteroatoms. The zero-order valence-electron chi connectivity index (χ0n) is 15.4. The van der Waals surface area contributed by atoms with Crippen molar-refractivity contribution in [3.05, 3.63) is 71.7 Å². The molecular formula is C22H22FN3O. The topological polar surface area (TPSA) is 36.4 Å². The first-order valence-corrected chi connectivity index (χ1v) is 9.23. The van der Waals surface area contributed by atoms with E-state index in [0.29, 0.717) is 5.69 Å². The summed E-state index contributed by atoms with van der Waals surface area (Å²) in [4.78, 5) is 20.9. The van der Waals surface area contributed by atoms with Crippen molar-refractivity contribution >= 4 is 22.4 Å². The van der Waals surface area contributed by atoms with Crippen LogP contribution in [-0.4, -0.2) is 41.8 Å². The van der Waals surface area contributed by atoms with Crippen LogP contribution in [0, 0.1) is 5.82 Å². The highest BCUT2D eigenvalue weighted by atomic mass is 19.1. The molecule has 4 nitrogen and oxygen atoms in total. The number of nitrogens with zero attached hydrogens (tertiary/aromatic N) is 3. The normalized spacial score (nSPS) is 15.3. The molecule has 4 rings (SSSR count). The minimum atomic E-state index is -0.441. The second-order valence-corrected chi connectivity index (χ2v) is 6.95. The van der Waals surface area contributed by atoms with Crippen LogP contribution >= 0.6 is 0 Å². The lowest BCUT2D eigenvalue weighted by Gasteiger charge is -2.37. The third-order valence-electron chi connectivity index (χ3n) is 5.17. The third-order valence-corrected chi connectivity index (χ3v) is 5.17.